The van der Waals surface area contributed by atoms with E-state index >= 15 is 0 Å². The minimum Gasteiger partial charge on any atom is -0.362 e. The quantitative estimate of drug-likeness (QED) is 0.605. The van der Waals surface area contributed by atoms with Crippen LogP contribution in [0, 0.1) is 13.8 Å². The molecule has 0 aliphatic rings. The monoisotopic (exact) mass is 348 g/mol. The second-order valence-electron chi connectivity index (χ2n) is 5.79. The van der Waals surface area contributed by atoms with Gasteiger partial charge >= 0.3 is 0 Å². The Morgan fingerprint density at radius 1 is 1.00 bits per heavy atom. The Morgan fingerprint density at radius 2 is 1.92 bits per heavy atom. The highest BCUT2D eigenvalue weighted by Crippen LogP contribution is 2.29. The van der Waals surface area contributed by atoms with Crippen LogP contribution in [-0.4, -0.2) is 25.4 Å². The summed E-state index contributed by atoms with van der Waals surface area (Å²) in [6.07, 6.45) is 3.66. The van der Waals surface area contributed by atoms with E-state index in [0.29, 0.717) is 6.54 Å². The van der Waals surface area contributed by atoms with Crippen LogP contribution in [0.15, 0.2) is 42.7 Å². The molecule has 0 amide bonds. The largest absolute Gasteiger partial charge is 0.362 e. The van der Waals surface area contributed by atoms with Crippen LogP contribution in [0.2, 0.25) is 0 Å². The fourth-order valence-corrected chi connectivity index (χ4v) is 3.28. The molecule has 0 bridgehead atoms. The number of hydrogen-bond acceptors (Lipinski definition) is 7. The molecule has 3 aromatic heterocycles. The molecule has 0 aliphatic carbocycles. The summed E-state index contributed by atoms with van der Waals surface area (Å²) in [5, 5.41) is 23.0. The van der Waals surface area contributed by atoms with Crippen LogP contribution in [0.5, 0.6) is 0 Å². The number of thiazole rings is 1. The van der Waals surface area contributed by atoms with Crippen molar-refractivity contribution in [2.24, 2.45) is 0 Å². The molecule has 4 aromatic rings. The zero-order valence-corrected chi connectivity index (χ0v) is 14.7. The van der Waals surface area contributed by atoms with Gasteiger partial charge in [-0.3, -0.25) is 0 Å². The average Bonchev–Trinajstić information content (AvgIpc) is 3.07. The van der Waals surface area contributed by atoms with Gasteiger partial charge in [-0.05, 0) is 32.0 Å². The maximum absolute atomic E-state index is 4.47. The van der Waals surface area contributed by atoms with Gasteiger partial charge in [-0.15, -0.1) is 16.4 Å². The van der Waals surface area contributed by atoms with Crippen LogP contribution in [0.4, 0.5) is 5.82 Å². The number of anilines is 1. The molecule has 7 heteroatoms. The Balaban J connectivity index is 1.67. The summed E-state index contributed by atoms with van der Waals surface area (Å²) < 4.78 is 0. The lowest BCUT2D eigenvalue weighted by atomic mass is 10.1. The molecular weight excluding hydrogens is 332 g/mol. The molecule has 124 valence electrons. The standard InChI is InChI=1S/C18H16N6S/c1-11-3-6-15(23-22-11)10-19-17-16-7-13(18-20-8-12(2)25-18)4-5-14(16)9-21-24-17/h3-9H,10H2,1-2H3,(H,19,24). The number of hydrogen-bond donors (Lipinski definition) is 1. The molecule has 0 atom stereocenters. The molecule has 25 heavy (non-hydrogen) atoms. The van der Waals surface area contributed by atoms with E-state index in [-0.39, 0.29) is 0 Å². The van der Waals surface area contributed by atoms with Crippen LogP contribution < -0.4 is 5.32 Å². The van der Waals surface area contributed by atoms with Crippen molar-refractivity contribution in [1.29, 1.82) is 0 Å². The zero-order valence-electron chi connectivity index (χ0n) is 13.9. The Morgan fingerprint density at radius 3 is 2.68 bits per heavy atom. The Kier molecular flexibility index (Phi) is 4.07. The van der Waals surface area contributed by atoms with E-state index in [2.05, 4.69) is 49.8 Å². The van der Waals surface area contributed by atoms with Crippen molar-refractivity contribution in [3.05, 3.63) is 59.0 Å². The second-order valence-corrected chi connectivity index (χ2v) is 7.03. The molecule has 1 aromatic carbocycles. The van der Waals surface area contributed by atoms with E-state index in [1.54, 1.807) is 17.5 Å². The molecule has 0 spiro atoms. The van der Waals surface area contributed by atoms with Gasteiger partial charge in [0.2, 0.25) is 0 Å². The normalized spacial score (nSPS) is 11.0. The maximum atomic E-state index is 4.47. The molecule has 0 unspecified atom stereocenters. The van der Waals surface area contributed by atoms with Gasteiger partial charge in [-0.2, -0.15) is 15.3 Å². The summed E-state index contributed by atoms with van der Waals surface area (Å²) in [5.41, 5.74) is 2.84. The lowest BCUT2D eigenvalue weighted by Crippen LogP contribution is -2.05. The Hall–Kier alpha value is -2.93. The lowest BCUT2D eigenvalue weighted by Gasteiger charge is -2.08. The third-order valence-corrected chi connectivity index (χ3v) is 4.78. The fourth-order valence-electron chi connectivity index (χ4n) is 2.52. The molecular formula is C18H16N6S. The van der Waals surface area contributed by atoms with Gasteiger partial charge in [0.15, 0.2) is 5.82 Å². The van der Waals surface area contributed by atoms with Gasteiger partial charge in [0.25, 0.3) is 0 Å². The summed E-state index contributed by atoms with van der Waals surface area (Å²) >= 11 is 1.68. The first-order valence-electron chi connectivity index (χ1n) is 7.90. The molecule has 0 fully saturated rings. The fraction of sp³-hybridized carbons (Fsp3) is 0.167. The first-order chi connectivity index (χ1) is 12.2. The van der Waals surface area contributed by atoms with Gasteiger partial charge in [0.1, 0.15) is 5.01 Å². The third kappa shape index (κ3) is 3.32. The minimum atomic E-state index is 0.543. The Bertz CT molecular complexity index is 1030. The minimum absolute atomic E-state index is 0.543. The third-order valence-electron chi connectivity index (χ3n) is 3.82. The predicted molar refractivity (Wildman–Crippen MR) is 99.5 cm³/mol. The van der Waals surface area contributed by atoms with Crippen molar-refractivity contribution in [3.63, 3.8) is 0 Å². The number of rotatable bonds is 4. The van der Waals surface area contributed by atoms with Crippen LogP contribution in [0.25, 0.3) is 21.3 Å². The summed E-state index contributed by atoms with van der Waals surface area (Å²) in [4.78, 5) is 5.66. The highest BCUT2D eigenvalue weighted by atomic mass is 32.1. The van der Waals surface area contributed by atoms with Crippen LogP contribution >= 0.6 is 11.3 Å². The van der Waals surface area contributed by atoms with E-state index < -0.39 is 0 Å². The predicted octanol–water partition coefficient (Wildman–Crippen LogP) is 3.77. The van der Waals surface area contributed by atoms with E-state index in [9.17, 15) is 0 Å². The topological polar surface area (TPSA) is 76.5 Å². The van der Waals surface area contributed by atoms with Gasteiger partial charge in [-0.1, -0.05) is 12.1 Å². The number of aryl methyl sites for hydroxylation is 2. The summed E-state index contributed by atoms with van der Waals surface area (Å²) in [6.45, 7) is 4.52. The van der Waals surface area contributed by atoms with Crippen molar-refractivity contribution < 1.29 is 0 Å². The SMILES string of the molecule is Cc1ccc(CNc2nncc3ccc(-c4ncc(C)s4)cc23)nn1. The van der Waals surface area contributed by atoms with Gasteiger partial charge in [0.05, 0.1) is 24.1 Å². The van der Waals surface area contributed by atoms with Crippen molar-refractivity contribution in [2.45, 2.75) is 20.4 Å². The summed E-state index contributed by atoms with van der Waals surface area (Å²) in [7, 11) is 0. The molecule has 0 saturated heterocycles. The van der Waals surface area contributed by atoms with Crippen molar-refractivity contribution in [2.75, 3.05) is 5.32 Å². The number of benzene rings is 1. The molecule has 1 N–H and O–H groups in total. The number of fused-ring (bicyclic) bond motifs is 1. The van der Waals surface area contributed by atoms with E-state index in [1.807, 2.05) is 31.3 Å². The van der Waals surface area contributed by atoms with Crippen molar-refractivity contribution >= 4 is 27.9 Å². The first kappa shape index (κ1) is 15.6. The number of nitrogens with one attached hydrogen (secondary N) is 1. The van der Waals surface area contributed by atoms with E-state index in [0.717, 1.165) is 38.5 Å². The molecule has 3 heterocycles. The van der Waals surface area contributed by atoms with Crippen molar-refractivity contribution in [3.8, 4) is 10.6 Å². The number of nitrogens with zero attached hydrogens (tertiary/aromatic N) is 5. The van der Waals surface area contributed by atoms with Crippen molar-refractivity contribution in [1.82, 2.24) is 25.4 Å². The van der Waals surface area contributed by atoms with Crippen LogP contribution in [0.3, 0.4) is 0 Å². The van der Waals surface area contributed by atoms with Crippen LogP contribution in [0.1, 0.15) is 16.3 Å². The lowest BCUT2D eigenvalue weighted by molar-refractivity contribution is 0.891. The zero-order chi connectivity index (χ0) is 17.2. The summed E-state index contributed by atoms with van der Waals surface area (Å²) in [6, 6.07) is 10.1. The first-order valence-corrected chi connectivity index (χ1v) is 8.72. The van der Waals surface area contributed by atoms with Crippen LogP contribution in [-0.2, 0) is 6.54 Å². The molecule has 4 rings (SSSR count). The highest BCUT2D eigenvalue weighted by molar-refractivity contribution is 7.14. The van der Waals surface area contributed by atoms with E-state index in [1.165, 1.54) is 4.88 Å². The van der Waals surface area contributed by atoms with Gasteiger partial charge in [-0.25, -0.2) is 4.98 Å². The number of aromatic nitrogens is 5. The van der Waals surface area contributed by atoms with E-state index in [4.69, 9.17) is 0 Å². The smallest absolute Gasteiger partial charge is 0.156 e. The maximum Gasteiger partial charge on any atom is 0.156 e. The second kappa shape index (κ2) is 6.52. The van der Waals surface area contributed by atoms with Gasteiger partial charge in [0, 0.05) is 27.4 Å². The molecule has 6 nitrogen and oxygen atoms in total. The summed E-state index contributed by atoms with van der Waals surface area (Å²) in [5.74, 6) is 0.731. The molecule has 0 radical (unpaired) electrons. The average molecular weight is 348 g/mol. The highest BCUT2D eigenvalue weighted by Gasteiger charge is 2.08. The van der Waals surface area contributed by atoms with Gasteiger partial charge < -0.3 is 5.32 Å². The molecule has 0 aliphatic heterocycles. The Labute approximate surface area is 149 Å². The molecule has 0 saturated carbocycles.